The van der Waals surface area contributed by atoms with Gasteiger partial charge in [-0.1, -0.05) is 0 Å². The molecule has 0 fully saturated rings. The molecule has 0 heterocycles. The van der Waals surface area contributed by atoms with Crippen LogP contribution in [0.4, 0.5) is 52.7 Å². The van der Waals surface area contributed by atoms with Gasteiger partial charge >= 0.3 is 36.6 Å². The van der Waals surface area contributed by atoms with Crippen molar-refractivity contribution in [2.45, 2.75) is 51.0 Å². The molecule has 1 N–H and O–H groups in total. The molecule has 0 radical (unpaired) electrons. The number of carbonyl (C=O) groups excluding carboxylic acids is 3. The van der Waals surface area contributed by atoms with E-state index in [1.807, 2.05) is 0 Å². The third-order valence-corrected chi connectivity index (χ3v) is 6.10. The van der Waals surface area contributed by atoms with Crippen LogP contribution in [-0.4, -0.2) is 29.8 Å². The zero-order chi connectivity index (χ0) is 36.6. The summed E-state index contributed by atoms with van der Waals surface area (Å²) in [6.07, 6.45) is -21.5. The number of rotatable bonds is 7. The quantitative estimate of drug-likeness (QED) is 0.115. The first-order valence-electron chi connectivity index (χ1n) is 13.1. The van der Waals surface area contributed by atoms with Gasteiger partial charge in [0, 0.05) is 11.1 Å². The molecule has 6 nitrogen and oxygen atoms in total. The van der Waals surface area contributed by atoms with E-state index in [9.17, 15) is 67.1 Å². The molecule has 0 aliphatic heterocycles. The lowest BCUT2D eigenvalue weighted by Gasteiger charge is -2.20. The van der Waals surface area contributed by atoms with Crippen molar-refractivity contribution in [1.82, 2.24) is 5.32 Å². The third-order valence-electron chi connectivity index (χ3n) is 6.10. The van der Waals surface area contributed by atoms with Gasteiger partial charge in [-0.05, 0) is 75.4 Å². The standard InChI is InChI=1S/C30H21F12NO5/c1-26(2,3)43-13-21(44)14-4-5-22(47-24(45)15-6-17(27(31,32)33)11-18(7-15)28(34,35)36)23(10-14)48-25(46)16-8-19(29(37,38)39)12-20(9-16)30(40,41)42/h4-12,43H,13H2,1-3H3. The van der Waals surface area contributed by atoms with E-state index < -0.39 is 92.8 Å². The summed E-state index contributed by atoms with van der Waals surface area (Å²) < 4.78 is 170. The van der Waals surface area contributed by atoms with Gasteiger partial charge < -0.3 is 14.8 Å². The fraction of sp³-hybridized carbons (Fsp3) is 0.300. The summed E-state index contributed by atoms with van der Waals surface area (Å²) >= 11 is 0. The molecule has 0 saturated carbocycles. The van der Waals surface area contributed by atoms with Gasteiger partial charge in [-0.3, -0.25) is 4.79 Å². The Labute approximate surface area is 262 Å². The zero-order valence-electron chi connectivity index (χ0n) is 24.5. The van der Waals surface area contributed by atoms with Gasteiger partial charge in [0.2, 0.25) is 0 Å². The fourth-order valence-corrected chi connectivity index (χ4v) is 3.76. The van der Waals surface area contributed by atoms with Crippen molar-refractivity contribution in [1.29, 1.82) is 0 Å². The predicted octanol–water partition coefficient (Wildman–Crippen LogP) is 8.77. The van der Waals surface area contributed by atoms with Crippen LogP contribution in [-0.2, 0) is 24.7 Å². The van der Waals surface area contributed by atoms with Crippen LogP contribution in [0.1, 0.15) is 74.1 Å². The molecule has 0 unspecified atom stereocenters. The van der Waals surface area contributed by atoms with Crippen molar-refractivity contribution in [3.63, 3.8) is 0 Å². The molecule has 3 rings (SSSR count). The van der Waals surface area contributed by atoms with Crippen LogP contribution < -0.4 is 14.8 Å². The fourth-order valence-electron chi connectivity index (χ4n) is 3.76. The summed E-state index contributed by atoms with van der Waals surface area (Å²) in [5.74, 6) is -6.48. The molecule has 18 heteroatoms. The number of hydrogen-bond donors (Lipinski definition) is 1. The Morgan fingerprint density at radius 2 is 0.875 bits per heavy atom. The number of Topliss-reactive ketones (excluding diaryl/α,β-unsaturated/α-hetero) is 1. The molecule has 0 amide bonds. The molecule has 0 bridgehead atoms. The Morgan fingerprint density at radius 3 is 1.21 bits per heavy atom. The molecule has 48 heavy (non-hydrogen) atoms. The first-order valence-corrected chi connectivity index (χ1v) is 13.1. The predicted molar refractivity (Wildman–Crippen MR) is 141 cm³/mol. The lowest BCUT2D eigenvalue weighted by atomic mass is 10.0. The minimum Gasteiger partial charge on any atom is -0.419 e. The molecule has 0 saturated heterocycles. The van der Waals surface area contributed by atoms with E-state index >= 15 is 0 Å². The van der Waals surface area contributed by atoms with Crippen molar-refractivity contribution in [2.75, 3.05) is 6.54 Å². The number of benzene rings is 3. The maximum atomic E-state index is 13.3. The number of esters is 2. The van der Waals surface area contributed by atoms with E-state index in [1.165, 1.54) is 0 Å². The van der Waals surface area contributed by atoms with Gasteiger partial charge in [0.05, 0.1) is 39.9 Å². The van der Waals surface area contributed by atoms with E-state index in [1.54, 1.807) is 20.8 Å². The van der Waals surface area contributed by atoms with Crippen molar-refractivity contribution >= 4 is 17.7 Å². The molecule has 3 aromatic carbocycles. The van der Waals surface area contributed by atoms with Crippen LogP contribution >= 0.6 is 0 Å². The van der Waals surface area contributed by atoms with Crippen LogP contribution in [0, 0.1) is 0 Å². The largest absolute Gasteiger partial charge is 0.419 e. The average Bonchev–Trinajstić information content (AvgIpc) is 2.94. The maximum Gasteiger partial charge on any atom is 0.416 e. The van der Waals surface area contributed by atoms with Gasteiger partial charge in [0.25, 0.3) is 0 Å². The summed E-state index contributed by atoms with van der Waals surface area (Å²) in [7, 11) is 0. The Morgan fingerprint density at radius 1 is 0.521 bits per heavy atom. The second kappa shape index (κ2) is 13.1. The molecule has 0 aromatic heterocycles. The minimum atomic E-state index is -5.37. The van der Waals surface area contributed by atoms with Crippen molar-refractivity contribution in [3.05, 3.63) is 93.5 Å². The lowest BCUT2D eigenvalue weighted by molar-refractivity contribution is -0.144. The monoisotopic (exact) mass is 703 g/mol. The maximum absolute atomic E-state index is 13.3. The van der Waals surface area contributed by atoms with Crippen LogP contribution in [0.2, 0.25) is 0 Å². The molecule has 0 atom stereocenters. The van der Waals surface area contributed by atoms with E-state index in [2.05, 4.69) is 5.32 Å². The number of hydrogen-bond acceptors (Lipinski definition) is 6. The van der Waals surface area contributed by atoms with Gasteiger partial charge in [-0.25, -0.2) is 9.59 Å². The second-order valence-corrected chi connectivity index (χ2v) is 11.1. The lowest BCUT2D eigenvalue weighted by Crippen LogP contribution is -2.39. The number of ether oxygens (including phenoxy) is 2. The summed E-state index contributed by atoms with van der Waals surface area (Å²) in [5, 5.41) is 2.81. The highest BCUT2D eigenvalue weighted by atomic mass is 19.4. The van der Waals surface area contributed by atoms with Gasteiger partial charge in [0.1, 0.15) is 0 Å². The van der Waals surface area contributed by atoms with E-state index in [0.29, 0.717) is 6.07 Å². The van der Waals surface area contributed by atoms with E-state index in [0.717, 1.165) is 12.1 Å². The summed E-state index contributed by atoms with van der Waals surface area (Å²) in [6.45, 7) is 4.66. The van der Waals surface area contributed by atoms with Crippen molar-refractivity contribution in [3.8, 4) is 11.5 Å². The Balaban J connectivity index is 2.11. The zero-order valence-corrected chi connectivity index (χ0v) is 24.5. The highest BCUT2D eigenvalue weighted by Crippen LogP contribution is 2.39. The van der Waals surface area contributed by atoms with E-state index in [-0.39, 0.29) is 48.5 Å². The Bertz CT molecular complexity index is 1650. The van der Waals surface area contributed by atoms with Crippen LogP contribution in [0.3, 0.4) is 0 Å². The third kappa shape index (κ3) is 9.95. The summed E-state index contributed by atoms with van der Waals surface area (Å²) in [5.41, 5.74) is -11.1. The number of carbonyl (C=O) groups is 3. The summed E-state index contributed by atoms with van der Waals surface area (Å²) in [6, 6.07) is 1.82. The summed E-state index contributed by atoms with van der Waals surface area (Å²) in [4.78, 5) is 38.4. The molecule has 0 aliphatic carbocycles. The van der Waals surface area contributed by atoms with E-state index in [4.69, 9.17) is 9.47 Å². The van der Waals surface area contributed by atoms with Crippen molar-refractivity contribution < 1.29 is 76.5 Å². The number of ketones is 1. The van der Waals surface area contributed by atoms with Gasteiger partial charge in [-0.2, -0.15) is 52.7 Å². The van der Waals surface area contributed by atoms with Gasteiger partial charge in [0.15, 0.2) is 17.3 Å². The smallest absolute Gasteiger partial charge is 0.416 e. The number of alkyl halides is 12. The normalized spacial score (nSPS) is 12.9. The molecular formula is C30H21F12NO5. The Kier molecular flexibility index (Phi) is 10.3. The Hall–Kier alpha value is -4.61. The van der Waals surface area contributed by atoms with Crippen LogP contribution in [0.15, 0.2) is 54.6 Å². The molecule has 260 valence electrons. The highest BCUT2D eigenvalue weighted by molar-refractivity contribution is 5.99. The molecule has 3 aromatic rings. The van der Waals surface area contributed by atoms with Crippen LogP contribution in [0.5, 0.6) is 11.5 Å². The highest BCUT2D eigenvalue weighted by Gasteiger charge is 2.39. The van der Waals surface area contributed by atoms with Crippen LogP contribution in [0.25, 0.3) is 0 Å². The SMILES string of the molecule is CC(C)(C)NCC(=O)c1ccc(OC(=O)c2cc(C(F)(F)F)cc(C(F)(F)F)c2)c(OC(=O)c2cc(C(F)(F)F)cc(C(F)(F)F)c2)c1. The van der Waals surface area contributed by atoms with Crippen molar-refractivity contribution in [2.24, 2.45) is 0 Å². The molecule has 0 aliphatic rings. The van der Waals surface area contributed by atoms with Gasteiger partial charge in [-0.15, -0.1) is 0 Å². The molecular weight excluding hydrogens is 682 g/mol. The first-order chi connectivity index (χ1) is 21.6. The number of halogens is 12. The topological polar surface area (TPSA) is 81.7 Å². The minimum absolute atomic E-state index is 0.00676. The second-order valence-electron chi connectivity index (χ2n) is 11.1. The first kappa shape index (κ1) is 37.8. The average molecular weight is 703 g/mol. The molecule has 0 spiro atoms. The number of nitrogens with one attached hydrogen (secondary N) is 1.